The molecule has 3 aromatic rings. The highest BCUT2D eigenvalue weighted by Gasteiger charge is 2.50. The van der Waals surface area contributed by atoms with Gasteiger partial charge in [0.1, 0.15) is 5.54 Å². The number of urea groups is 1. The second kappa shape index (κ2) is 7.77. The lowest BCUT2D eigenvalue weighted by Crippen LogP contribution is -2.41. The molecule has 10 heteroatoms. The minimum absolute atomic E-state index is 0.0983. The van der Waals surface area contributed by atoms with Gasteiger partial charge in [0.05, 0.1) is 6.54 Å². The number of nitrogens with one attached hydrogen (secondary N) is 1. The third-order valence-electron chi connectivity index (χ3n) is 6.87. The molecule has 0 radical (unpaired) electrons. The van der Waals surface area contributed by atoms with E-state index in [2.05, 4.69) is 5.32 Å². The molecule has 4 heterocycles. The predicted molar refractivity (Wildman–Crippen MR) is 126 cm³/mol. The van der Waals surface area contributed by atoms with Crippen molar-refractivity contribution in [3.63, 3.8) is 0 Å². The number of benzene rings is 2. The Bertz CT molecular complexity index is 1460. The molecule has 0 saturated carbocycles. The highest BCUT2D eigenvalue weighted by atomic mass is 16.7. The average Bonchev–Trinajstić information content (AvgIpc) is 3.62. The zero-order valence-corrected chi connectivity index (χ0v) is 19.9. The minimum atomic E-state index is -1.33. The monoisotopic (exact) mass is 489 g/mol. The normalized spacial score (nSPS) is 19.7. The Balaban J connectivity index is 1.26. The second-order valence-electron chi connectivity index (χ2n) is 9.10. The third kappa shape index (κ3) is 3.21. The van der Waals surface area contributed by atoms with E-state index in [9.17, 15) is 14.4 Å². The van der Waals surface area contributed by atoms with E-state index in [0.717, 1.165) is 16.3 Å². The Labute approximate surface area is 206 Å². The van der Waals surface area contributed by atoms with Crippen LogP contribution in [-0.4, -0.2) is 47.3 Å². The van der Waals surface area contributed by atoms with Crippen LogP contribution in [0.15, 0.2) is 42.5 Å². The van der Waals surface area contributed by atoms with Gasteiger partial charge in [-0.1, -0.05) is 6.07 Å². The highest BCUT2D eigenvalue weighted by molar-refractivity contribution is 6.11. The van der Waals surface area contributed by atoms with Gasteiger partial charge < -0.3 is 28.8 Å². The molecule has 0 spiro atoms. The van der Waals surface area contributed by atoms with E-state index in [0.29, 0.717) is 39.8 Å². The molecule has 36 heavy (non-hydrogen) atoms. The Morgan fingerprint density at radius 2 is 1.56 bits per heavy atom. The van der Waals surface area contributed by atoms with Crippen LogP contribution in [0.3, 0.4) is 0 Å². The summed E-state index contributed by atoms with van der Waals surface area (Å²) in [5, 5.41) is 2.73. The van der Waals surface area contributed by atoms with Crippen LogP contribution in [0.4, 0.5) is 4.79 Å². The minimum Gasteiger partial charge on any atom is -0.454 e. The summed E-state index contributed by atoms with van der Waals surface area (Å²) in [5.41, 5.74) is 1.99. The summed E-state index contributed by atoms with van der Waals surface area (Å²) in [5.74, 6) is 1.53. The van der Waals surface area contributed by atoms with Gasteiger partial charge in [0.15, 0.2) is 28.8 Å². The molecule has 1 N–H and O–H groups in total. The molecule has 0 unspecified atom stereocenters. The number of aryl methyl sites for hydroxylation is 1. The molecule has 3 aliphatic heterocycles. The number of Topliss-reactive ketones (excluding diaryl/α,β-unsaturated/α-hetero) is 1. The van der Waals surface area contributed by atoms with Gasteiger partial charge in [-0.3, -0.25) is 14.5 Å². The maximum Gasteiger partial charge on any atom is 0.325 e. The number of ether oxygens (including phenoxy) is 4. The van der Waals surface area contributed by atoms with Crippen molar-refractivity contribution in [2.24, 2.45) is 0 Å². The van der Waals surface area contributed by atoms with E-state index in [1.807, 2.05) is 36.6 Å². The largest absolute Gasteiger partial charge is 0.454 e. The SMILES string of the molecule is Cc1cc(C(=O)CN2C(=O)N[C@](C)(c3ccc4c(c3)OCO4)C2=O)c(C)n1-c1ccc2c(c1)OCO2. The van der Waals surface area contributed by atoms with Gasteiger partial charge in [-0.25, -0.2) is 4.79 Å². The third-order valence-corrected chi connectivity index (χ3v) is 6.87. The van der Waals surface area contributed by atoms with Crippen LogP contribution in [-0.2, 0) is 10.3 Å². The molecular weight excluding hydrogens is 466 g/mol. The second-order valence-corrected chi connectivity index (χ2v) is 9.10. The molecule has 10 nitrogen and oxygen atoms in total. The summed E-state index contributed by atoms with van der Waals surface area (Å²) < 4.78 is 23.5. The van der Waals surface area contributed by atoms with E-state index in [1.54, 1.807) is 31.2 Å². The first-order valence-electron chi connectivity index (χ1n) is 11.4. The first kappa shape index (κ1) is 22.0. The van der Waals surface area contributed by atoms with Crippen LogP contribution in [0.2, 0.25) is 0 Å². The fraction of sp³-hybridized carbons (Fsp3) is 0.269. The Morgan fingerprint density at radius 3 is 2.28 bits per heavy atom. The van der Waals surface area contributed by atoms with E-state index >= 15 is 0 Å². The summed E-state index contributed by atoms with van der Waals surface area (Å²) in [6.45, 7) is 5.22. The Morgan fingerprint density at radius 1 is 0.917 bits per heavy atom. The number of rotatable bonds is 5. The topological polar surface area (TPSA) is 108 Å². The van der Waals surface area contributed by atoms with Crippen molar-refractivity contribution in [1.29, 1.82) is 0 Å². The zero-order valence-electron chi connectivity index (χ0n) is 19.9. The fourth-order valence-corrected chi connectivity index (χ4v) is 4.94. The summed E-state index contributed by atoms with van der Waals surface area (Å²) in [7, 11) is 0. The quantitative estimate of drug-likeness (QED) is 0.433. The lowest BCUT2D eigenvalue weighted by atomic mass is 9.91. The van der Waals surface area contributed by atoms with E-state index in [1.165, 1.54) is 0 Å². The van der Waals surface area contributed by atoms with Crippen LogP contribution in [0.5, 0.6) is 23.0 Å². The molecule has 0 bridgehead atoms. The van der Waals surface area contributed by atoms with Gasteiger partial charge in [0.25, 0.3) is 5.91 Å². The predicted octanol–water partition coefficient (Wildman–Crippen LogP) is 3.20. The van der Waals surface area contributed by atoms with Crippen molar-refractivity contribution < 1.29 is 33.3 Å². The Hall–Kier alpha value is -4.47. The van der Waals surface area contributed by atoms with Gasteiger partial charge in [-0.15, -0.1) is 0 Å². The summed E-state index contributed by atoms with van der Waals surface area (Å²) in [6, 6.07) is 11.8. The molecule has 184 valence electrons. The van der Waals surface area contributed by atoms with Crippen LogP contribution in [0, 0.1) is 13.8 Å². The van der Waals surface area contributed by atoms with Crippen molar-refractivity contribution in [1.82, 2.24) is 14.8 Å². The first-order valence-corrected chi connectivity index (χ1v) is 11.4. The van der Waals surface area contributed by atoms with Crippen LogP contribution >= 0.6 is 0 Å². The number of aromatic nitrogens is 1. The Kier molecular flexibility index (Phi) is 4.75. The van der Waals surface area contributed by atoms with Gasteiger partial charge in [0.2, 0.25) is 13.6 Å². The maximum atomic E-state index is 13.4. The van der Waals surface area contributed by atoms with Crippen LogP contribution in [0.25, 0.3) is 5.69 Å². The number of ketones is 1. The number of amides is 3. The number of carbonyl (C=O) groups is 3. The molecule has 2 aromatic carbocycles. The van der Waals surface area contributed by atoms with Gasteiger partial charge in [-0.05, 0) is 56.7 Å². The van der Waals surface area contributed by atoms with E-state index in [-0.39, 0.29) is 25.9 Å². The van der Waals surface area contributed by atoms with Gasteiger partial charge >= 0.3 is 6.03 Å². The molecule has 1 atom stereocenters. The van der Waals surface area contributed by atoms with Crippen molar-refractivity contribution in [2.45, 2.75) is 26.3 Å². The molecular formula is C26H23N3O7. The summed E-state index contributed by atoms with van der Waals surface area (Å²) >= 11 is 0. The number of carbonyl (C=O) groups excluding carboxylic acids is 3. The molecule has 1 saturated heterocycles. The first-order chi connectivity index (χ1) is 17.3. The maximum absolute atomic E-state index is 13.4. The molecule has 6 rings (SSSR count). The van der Waals surface area contributed by atoms with Crippen LogP contribution in [0.1, 0.15) is 34.2 Å². The molecule has 1 aromatic heterocycles. The van der Waals surface area contributed by atoms with E-state index < -0.39 is 17.5 Å². The lowest BCUT2D eigenvalue weighted by molar-refractivity contribution is -0.130. The van der Waals surface area contributed by atoms with Crippen molar-refractivity contribution in [3.05, 3.63) is 65.0 Å². The average molecular weight is 489 g/mol. The smallest absolute Gasteiger partial charge is 0.325 e. The number of nitrogens with zero attached hydrogens (tertiary/aromatic N) is 2. The van der Waals surface area contributed by atoms with Crippen molar-refractivity contribution in [2.75, 3.05) is 20.1 Å². The van der Waals surface area contributed by atoms with Gasteiger partial charge in [0, 0.05) is 28.7 Å². The zero-order chi connectivity index (χ0) is 25.2. The number of imide groups is 1. The standard InChI is InChI=1S/C26H23N3O7/c1-14-8-18(15(2)29(14)17-5-7-21-23(10-17)36-13-34-21)19(30)11-28-24(31)26(3,27-25(28)32)16-4-6-20-22(9-16)35-12-33-20/h4-10H,11-13H2,1-3H3,(H,27,32)/t26-/m1/s1. The number of hydrogen-bond acceptors (Lipinski definition) is 7. The molecule has 1 fully saturated rings. The van der Waals surface area contributed by atoms with Crippen molar-refractivity contribution in [3.8, 4) is 28.7 Å². The molecule has 0 aliphatic carbocycles. The van der Waals surface area contributed by atoms with Crippen molar-refractivity contribution >= 4 is 17.7 Å². The highest BCUT2D eigenvalue weighted by Crippen LogP contribution is 2.38. The van der Waals surface area contributed by atoms with Gasteiger partial charge in [-0.2, -0.15) is 0 Å². The number of hydrogen-bond donors (Lipinski definition) is 1. The molecule has 3 aliphatic rings. The summed E-state index contributed by atoms with van der Waals surface area (Å²) in [4.78, 5) is 40.5. The number of fused-ring (bicyclic) bond motifs is 2. The van der Waals surface area contributed by atoms with Crippen LogP contribution < -0.4 is 24.3 Å². The fourth-order valence-electron chi connectivity index (χ4n) is 4.94. The van der Waals surface area contributed by atoms with E-state index in [4.69, 9.17) is 18.9 Å². The molecule has 3 amide bonds. The summed E-state index contributed by atoms with van der Waals surface area (Å²) in [6.07, 6.45) is 0. The lowest BCUT2D eigenvalue weighted by Gasteiger charge is -2.22.